The molecule has 0 bridgehead atoms. The number of halogens is 2. The lowest BCUT2D eigenvalue weighted by atomic mass is 9.71. The first-order valence-electron chi connectivity index (χ1n) is 7.12. The number of aliphatic carboxylic acids is 2. The van der Waals surface area contributed by atoms with Gasteiger partial charge in [-0.05, 0) is 25.3 Å². The van der Waals surface area contributed by atoms with Crippen molar-refractivity contribution in [3.05, 3.63) is 35.4 Å². The lowest BCUT2D eigenvalue weighted by molar-refractivity contribution is -0.156. The van der Waals surface area contributed by atoms with E-state index in [0.29, 0.717) is 0 Å². The molecule has 3 rings (SSSR count). The molecule has 6 heteroatoms. The van der Waals surface area contributed by atoms with Crippen LogP contribution in [-0.4, -0.2) is 26.5 Å². The van der Waals surface area contributed by atoms with Crippen LogP contribution in [0.4, 0.5) is 0 Å². The monoisotopic (exact) mass is 342 g/mol. The molecule has 1 aromatic carbocycles. The van der Waals surface area contributed by atoms with Crippen molar-refractivity contribution in [2.45, 2.75) is 29.5 Å². The van der Waals surface area contributed by atoms with Crippen molar-refractivity contribution >= 4 is 35.1 Å². The molecule has 2 aliphatic carbocycles. The van der Waals surface area contributed by atoms with Gasteiger partial charge in [-0.25, -0.2) is 0 Å². The third kappa shape index (κ3) is 1.97. The summed E-state index contributed by atoms with van der Waals surface area (Å²) in [6, 6.07) is 7.68. The van der Waals surface area contributed by atoms with Crippen LogP contribution in [0.15, 0.2) is 24.3 Å². The molecule has 118 valence electrons. The van der Waals surface area contributed by atoms with Gasteiger partial charge in [-0.15, -0.1) is 23.2 Å². The van der Waals surface area contributed by atoms with Gasteiger partial charge in [0.2, 0.25) is 0 Å². The number of rotatable bonds is 3. The van der Waals surface area contributed by atoms with Crippen molar-refractivity contribution in [3.8, 4) is 0 Å². The molecule has 0 aromatic heterocycles. The second kappa shape index (κ2) is 4.87. The van der Waals surface area contributed by atoms with Crippen molar-refractivity contribution in [3.63, 3.8) is 0 Å². The minimum Gasteiger partial charge on any atom is -0.481 e. The van der Waals surface area contributed by atoms with Gasteiger partial charge in [-0.3, -0.25) is 9.59 Å². The highest BCUT2D eigenvalue weighted by molar-refractivity contribution is 6.52. The summed E-state index contributed by atoms with van der Waals surface area (Å²) in [5, 5.41) is 18.7. The Balaban J connectivity index is 2.05. The molecule has 22 heavy (non-hydrogen) atoms. The number of alkyl halides is 2. The quantitative estimate of drug-likeness (QED) is 0.827. The summed E-state index contributed by atoms with van der Waals surface area (Å²) >= 11 is 13.0. The number of carbonyl (C=O) groups is 2. The first kappa shape index (κ1) is 15.6. The van der Waals surface area contributed by atoms with Crippen molar-refractivity contribution in [2.75, 3.05) is 0 Å². The lowest BCUT2D eigenvalue weighted by Gasteiger charge is -2.31. The molecule has 1 aromatic rings. The second-order valence-corrected chi connectivity index (χ2v) is 7.73. The largest absolute Gasteiger partial charge is 0.481 e. The number of carboxylic acids is 2. The Bertz CT molecular complexity index is 657. The summed E-state index contributed by atoms with van der Waals surface area (Å²) in [6.45, 7) is 1.94. The standard InChI is InChI=1S/C16H16Cl2O4/c1-8-3-2-4-9(5-8)15-7-11(14(21)22)10(13(19)20)6-12(15)16(15,17)18/h2-5,10-12H,6-7H2,1H3,(H,19,20)(H,21,22)/t10-,11-,12?,15+/m0/s1. The zero-order chi connectivity index (χ0) is 16.3. The van der Waals surface area contributed by atoms with Crippen LogP contribution in [0.3, 0.4) is 0 Å². The Morgan fingerprint density at radius 2 is 1.82 bits per heavy atom. The Morgan fingerprint density at radius 1 is 1.18 bits per heavy atom. The highest BCUT2D eigenvalue weighted by Gasteiger charge is 2.79. The molecule has 2 aliphatic rings. The third-order valence-electron chi connectivity index (χ3n) is 5.23. The molecule has 0 saturated heterocycles. The molecule has 0 aliphatic heterocycles. The summed E-state index contributed by atoms with van der Waals surface area (Å²) in [4.78, 5) is 22.9. The Morgan fingerprint density at radius 3 is 2.36 bits per heavy atom. The van der Waals surface area contributed by atoms with E-state index < -0.39 is 33.5 Å². The molecule has 0 spiro atoms. The van der Waals surface area contributed by atoms with Crippen molar-refractivity contribution in [1.29, 1.82) is 0 Å². The molecule has 1 unspecified atom stereocenters. The van der Waals surface area contributed by atoms with E-state index in [4.69, 9.17) is 23.2 Å². The molecule has 2 N–H and O–H groups in total. The van der Waals surface area contributed by atoms with E-state index in [9.17, 15) is 19.8 Å². The molecule has 0 radical (unpaired) electrons. The van der Waals surface area contributed by atoms with Crippen LogP contribution in [0.25, 0.3) is 0 Å². The maximum absolute atomic E-state index is 11.5. The van der Waals surface area contributed by atoms with Gasteiger partial charge in [0.05, 0.1) is 11.8 Å². The Hall–Kier alpha value is -1.26. The van der Waals surface area contributed by atoms with Gasteiger partial charge in [-0.1, -0.05) is 29.8 Å². The van der Waals surface area contributed by atoms with E-state index in [1.165, 1.54) is 0 Å². The number of carboxylic acid groups (broad SMARTS) is 2. The molecule has 0 amide bonds. The minimum atomic E-state index is -1.11. The maximum atomic E-state index is 11.5. The van der Waals surface area contributed by atoms with Gasteiger partial charge in [0.1, 0.15) is 4.33 Å². The molecule has 0 heterocycles. The predicted molar refractivity (Wildman–Crippen MR) is 82.3 cm³/mol. The summed E-state index contributed by atoms with van der Waals surface area (Å²) in [5.74, 6) is -4.36. The van der Waals surface area contributed by atoms with Crippen LogP contribution in [-0.2, 0) is 15.0 Å². The van der Waals surface area contributed by atoms with Crippen molar-refractivity contribution in [1.82, 2.24) is 0 Å². The fourth-order valence-electron chi connectivity index (χ4n) is 4.03. The summed E-state index contributed by atoms with van der Waals surface area (Å²) in [7, 11) is 0. The van der Waals surface area contributed by atoms with E-state index in [0.717, 1.165) is 11.1 Å². The van der Waals surface area contributed by atoms with Gasteiger partial charge in [0.15, 0.2) is 0 Å². The fourth-order valence-corrected chi connectivity index (χ4v) is 5.11. The predicted octanol–water partition coefficient (Wildman–Crippen LogP) is 3.23. The second-order valence-electron chi connectivity index (χ2n) is 6.35. The van der Waals surface area contributed by atoms with E-state index >= 15 is 0 Å². The summed E-state index contributed by atoms with van der Waals surface area (Å²) in [5.41, 5.74) is 1.27. The summed E-state index contributed by atoms with van der Waals surface area (Å²) in [6.07, 6.45) is 0.341. The van der Waals surface area contributed by atoms with Crippen LogP contribution in [0.1, 0.15) is 24.0 Å². The summed E-state index contributed by atoms with van der Waals surface area (Å²) < 4.78 is -1.11. The average molecular weight is 343 g/mol. The lowest BCUT2D eigenvalue weighted by Crippen LogP contribution is -2.38. The topological polar surface area (TPSA) is 74.6 Å². The normalized spacial score (nSPS) is 35.5. The SMILES string of the molecule is Cc1cccc([C@]23C[C@H](C(=O)O)[C@@H](C(=O)O)CC2C3(Cl)Cl)c1. The Labute approximate surface area is 138 Å². The molecular formula is C16H16Cl2O4. The number of aryl methyl sites for hydroxylation is 1. The van der Waals surface area contributed by atoms with Gasteiger partial charge in [0.25, 0.3) is 0 Å². The number of benzene rings is 1. The highest BCUT2D eigenvalue weighted by atomic mass is 35.5. The Kier molecular flexibility index (Phi) is 3.46. The molecular weight excluding hydrogens is 327 g/mol. The molecule has 4 atom stereocenters. The third-order valence-corrected chi connectivity index (χ3v) is 6.43. The van der Waals surface area contributed by atoms with Crippen molar-refractivity contribution < 1.29 is 19.8 Å². The fraction of sp³-hybridized carbons (Fsp3) is 0.500. The zero-order valence-electron chi connectivity index (χ0n) is 11.9. The molecule has 2 fully saturated rings. The van der Waals surface area contributed by atoms with E-state index in [2.05, 4.69) is 0 Å². The zero-order valence-corrected chi connectivity index (χ0v) is 13.4. The smallest absolute Gasteiger partial charge is 0.307 e. The average Bonchev–Trinajstić information content (AvgIpc) is 2.94. The van der Waals surface area contributed by atoms with Crippen LogP contribution in [0.2, 0.25) is 0 Å². The van der Waals surface area contributed by atoms with Gasteiger partial charge in [-0.2, -0.15) is 0 Å². The number of hydrogen-bond donors (Lipinski definition) is 2. The van der Waals surface area contributed by atoms with E-state index in [-0.39, 0.29) is 18.8 Å². The first-order valence-corrected chi connectivity index (χ1v) is 7.88. The van der Waals surface area contributed by atoms with Gasteiger partial charge >= 0.3 is 11.9 Å². The minimum absolute atomic E-state index is 0.153. The molecule has 4 nitrogen and oxygen atoms in total. The van der Waals surface area contributed by atoms with Crippen LogP contribution >= 0.6 is 23.2 Å². The molecule has 2 saturated carbocycles. The van der Waals surface area contributed by atoms with Crippen LogP contribution in [0.5, 0.6) is 0 Å². The van der Waals surface area contributed by atoms with Gasteiger partial charge in [0, 0.05) is 11.3 Å². The van der Waals surface area contributed by atoms with Crippen LogP contribution < -0.4 is 0 Å². The van der Waals surface area contributed by atoms with Crippen LogP contribution in [0, 0.1) is 24.7 Å². The van der Waals surface area contributed by atoms with E-state index in [1.54, 1.807) is 0 Å². The number of fused-ring (bicyclic) bond motifs is 1. The van der Waals surface area contributed by atoms with E-state index in [1.807, 2.05) is 31.2 Å². The van der Waals surface area contributed by atoms with Gasteiger partial charge < -0.3 is 10.2 Å². The highest BCUT2D eigenvalue weighted by Crippen LogP contribution is 2.76. The van der Waals surface area contributed by atoms with Crippen molar-refractivity contribution in [2.24, 2.45) is 17.8 Å². The first-order chi connectivity index (χ1) is 10.2. The number of hydrogen-bond acceptors (Lipinski definition) is 2. The maximum Gasteiger partial charge on any atom is 0.307 e.